The van der Waals surface area contributed by atoms with Gasteiger partial charge in [-0.15, -0.1) is 0 Å². The van der Waals surface area contributed by atoms with Gasteiger partial charge in [0, 0.05) is 10.2 Å². The van der Waals surface area contributed by atoms with Crippen LogP contribution in [0.25, 0.3) is 6.08 Å². The van der Waals surface area contributed by atoms with E-state index < -0.39 is 0 Å². The molecule has 0 unspecified atom stereocenters. The number of phenolic OH excluding ortho intramolecular Hbond substituents is 1. The van der Waals surface area contributed by atoms with Gasteiger partial charge in [-0.2, -0.15) is 0 Å². The molecule has 0 radical (unpaired) electrons. The molecule has 0 spiro atoms. The number of carbonyl (C=O) groups excluding carboxylic acids is 1. The summed E-state index contributed by atoms with van der Waals surface area (Å²) >= 11 is 3.55. The zero-order valence-corrected chi connectivity index (χ0v) is 17.4. The number of ether oxygens (including phenoxy) is 1. The summed E-state index contributed by atoms with van der Waals surface area (Å²) in [5.41, 5.74) is 2.82. The Labute approximate surface area is 178 Å². The van der Waals surface area contributed by atoms with Crippen LogP contribution in [0, 0.1) is 5.92 Å². The minimum Gasteiger partial charge on any atom is -0.508 e. The highest BCUT2D eigenvalue weighted by molar-refractivity contribution is 9.10. The van der Waals surface area contributed by atoms with Crippen molar-refractivity contribution in [1.82, 2.24) is 0 Å². The largest absolute Gasteiger partial charge is 0.508 e. The number of methoxy groups -OCH3 is 1. The van der Waals surface area contributed by atoms with Gasteiger partial charge in [-0.3, -0.25) is 4.79 Å². The van der Waals surface area contributed by atoms with Crippen LogP contribution in [0.4, 0.5) is 5.69 Å². The molecule has 0 saturated carbocycles. The van der Waals surface area contributed by atoms with Crippen LogP contribution in [0.1, 0.15) is 17.2 Å². The van der Waals surface area contributed by atoms with E-state index in [1.54, 1.807) is 36.3 Å². The Morgan fingerprint density at radius 2 is 1.69 bits per heavy atom. The summed E-state index contributed by atoms with van der Waals surface area (Å²) in [5, 5.41) is 9.59. The number of aromatic hydroxyl groups is 1. The first kappa shape index (κ1) is 19.3. The highest BCUT2D eigenvalue weighted by Crippen LogP contribution is 2.45. The van der Waals surface area contributed by atoms with E-state index in [4.69, 9.17) is 4.74 Å². The lowest BCUT2D eigenvalue weighted by atomic mass is 9.81. The Morgan fingerprint density at radius 3 is 2.34 bits per heavy atom. The molecular weight excluding hydrogens is 430 g/mol. The predicted molar refractivity (Wildman–Crippen MR) is 118 cm³/mol. The van der Waals surface area contributed by atoms with Crippen LogP contribution in [0.2, 0.25) is 0 Å². The van der Waals surface area contributed by atoms with Crippen molar-refractivity contribution in [1.29, 1.82) is 0 Å². The van der Waals surface area contributed by atoms with Crippen LogP contribution in [-0.4, -0.2) is 18.1 Å². The molecule has 1 saturated heterocycles. The van der Waals surface area contributed by atoms with E-state index in [0.717, 1.165) is 27.0 Å². The van der Waals surface area contributed by atoms with Crippen LogP contribution in [0.5, 0.6) is 11.5 Å². The summed E-state index contributed by atoms with van der Waals surface area (Å²) in [6.07, 6.45) is 3.95. The SMILES string of the molecule is COc1ccc([C@@H]2[C@@H](/C=C/c3ccccc3Br)C(=O)N2c2ccc(O)cc2)cc1. The van der Waals surface area contributed by atoms with Crippen molar-refractivity contribution in [2.24, 2.45) is 5.92 Å². The van der Waals surface area contributed by atoms with Gasteiger partial charge in [0.2, 0.25) is 5.91 Å². The van der Waals surface area contributed by atoms with Crippen LogP contribution < -0.4 is 9.64 Å². The Kier molecular flexibility index (Phi) is 5.41. The molecule has 0 aromatic heterocycles. The summed E-state index contributed by atoms with van der Waals surface area (Å²) in [4.78, 5) is 14.8. The molecule has 0 bridgehead atoms. The number of phenols is 1. The number of hydrogen-bond donors (Lipinski definition) is 1. The second-order valence-corrected chi connectivity index (χ2v) is 7.70. The fourth-order valence-corrected chi connectivity index (χ4v) is 3.99. The van der Waals surface area contributed by atoms with Gasteiger partial charge in [-0.1, -0.05) is 58.4 Å². The summed E-state index contributed by atoms with van der Waals surface area (Å²) in [7, 11) is 1.63. The lowest BCUT2D eigenvalue weighted by Crippen LogP contribution is -2.54. The van der Waals surface area contributed by atoms with Crippen molar-refractivity contribution < 1.29 is 14.6 Å². The minimum atomic E-state index is -0.274. The minimum absolute atomic E-state index is 0.0276. The van der Waals surface area contributed by atoms with E-state index in [-0.39, 0.29) is 23.6 Å². The second-order valence-electron chi connectivity index (χ2n) is 6.85. The third-order valence-corrected chi connectivity index (χ3v) is 5.84. The van der Waals surface area contributed by atoms with Crippen LogP contribution in [0.3, 0.4) is 0 Å². The fraction of sp³-hybridized carbons (Fsp3) is 0.125. The monoisotopic (exact) mass is 449 g/mol. The molecule has 1 amide bonds. The molecule has 1 aliphatic rings. The maximum absolute atomic E-state index is 13.0. The number of anilines is 1. The van der Waals surface area contributed by atoms with Gasteiger partial charge in [-0.25, -0.2) is 0 Å². The summed E-state index contributed by atoms with van der Waals surface area (Å²) in [6.45, 7) is 0. The van der Waals surface area contributed by atoms with E-state index in [2.05, 4.69) is 15.9 Å². The molecular formula is C24H20BrNO3. The topological polar surface area (TPSA) is 49.8 Å². The van der Waals surface area contributed by atoms with Gasteiger partial charge in [0.15, 0.2) is 0 Å². The molecule has 5 heteroatoms. The molecule has 2 atom stereocenters. The van der Waals surface area contributed by atoms with Gasteiger partial charge in [0.25, 0.3) is 0 Å². The lowest BCUT2D eigenvalue weighted by Gasteiger charge is -2.46. The van der Waals surface area contributed by atoms with Gasteiger partial charge in [0.05, 0.1) is 19.1 Å². The van der Waals surface area contributed by atoms with Crippen molar-refractivity contribution in [3.05, 3.63) is 94.5 Å². The van der Waals surface area contributed by atoms with Crippen LogP contribution in [-0.2, 0) is 4.79 Å². The Balaban J connectivity index is 1.68. The number of halogens is 1. The Bertz CT molecular complexity index is 1040. The van der Waals surface area contributed by atoms with Crippen LogP contribution >= 0.6 is 15.9 Å². The molecule has 1 N–H and O–H groups in total. The second kappa shape index (κ2) is 8.13. The van der Waals surface area contributed by atoms with Crippen molar-refractivity contribution in [2.45, 2.75) is 6.04 Å². The Morgan fingerprint density at radius 1 is 1.00 bits per heavy atom. The standard InChI is InChI=1S/C24H20BrNO3/c1-29-20-13-6-17(7-14-20)23-21(15-8-16-4-2-3-5-22(16)25)24(28)26(23)18-9-11-19(27)12-10-18/h2-15,21,23,27H,1H3/b15-8+/t21-,23-/m1/s1. The first-order valence-corrected chi connectivity index (χ1v) is 10.1. The first-order valence-electron chi connectivity index (χ1n) is 9.27. The number of benzene rings is 3. The van der Waals surface area contributed by atoms with Gasteiger partial charge in [-0.05, 0) is 53.6 Å². The first-order chi connectivity index (χ1) is 14.1. The molecule has 1 fully saturated rings. The van der Waals surface area contributed by atoms with Crippen molar-refractivity contribution in [3.63, 3.8) is 0 Å². The average molecular weight is 450 g/mol. The number of nitrogens with zero attached hydrogens (tertiary/aromatic N) is 1. The molecule has 4 nitrogen and oxygen atoms in total. The molecule has 3 aromatic rings. The number of amides is 1. The summed E-state index contributed by atoms with van der Waals surface area (Å²) in [6, 6.07) is 22.3. The van der Waals surface area contributed by atoms with E-state index >= 15 is 0 Å². The number of hydrogen-bond acceptors (Lipinski definition) is 3. The highest BCUT2D eigenvalue weighted by atomic mass is 79.9. The van der Waals surface area contributed by atoms with E-state index in [1.165, 1.54) is 0 Å². The molecule has 1 aliphatic heterocycles. The quantitative estimate of drug-likeness (QED) is 0.517. The van der Waals surface area contributed by atoms with Crippen molar-refractivity contribution in [3.8, 4) is 11.5 Å². The normalized spacial score (nSPS) is 18.7. The molecule has 4 rings (SSSR count). The van der Waals surface area contributed by atoms with E-state index in [9.17, 15) is 9.90 Å². The summed E-state index contributed by atoms with van der Waals surface area (Å²) in [5.74, 6) is 0.702. The van der Waals surface area contributed by atoms with E-state index in [1.807, 2.05) is 60.7 Å². The fourth-order valence-electron chi connectivity index (χ4n) is 3.57. The zero-order valence-electron chi connectivity index (χ0n) is 15.8. The molecule has 1 heterocycles. The third-order valence-electron chi connectivity index (χ3n) is 5.11. The highest BCUT2D eigenvalue weighted by Gasteiger charge is 2.47. The third kappa shape index (κ3) is 3.78. The summed E-state index contributed by atoms with van der Waals surface area (Å²) < 4.78 is 6.25. The number of carbonyl (C=O) groups is 1. The average Bonchev–Trinajstić information content (AvgIpc) is 2.74. The predicted octanol–water partition coefficient (Wildman–Crippen LogP) is 5.58. The molecule has 29 heavy (non-hydrogen) atoms. The van der Waals surface area contributed by atoms with Crippen molar-refractivity contribution in [2.75, 3.05) is 12.0 Å². The molecule has 0 aliphatic carbocycles. The van der Waals surface area contributed by atoms with Gasteiger partial charge < -0.3 is 14.7 Å². The zero-order chi connectivity index (χ0) is 20.4. The number of β-lactam (4-membered cyclic amide) rings is 1. The number of rotatable bonds is 5. The van der Waals surface area contributed by atoms with Gasteiger partial charge >= 0.3 is 0 Å². The lowest BCUT2D eigenvalue weighted by molar-refractivity contribution is -0.128. The van der Waals surface area contributed by atoms with Crippen LogP contribution in [0.15, 0.2) is 83.3 Å². The maximum Gasteiger partial charge on any atom is 0.236 e. The van der Waals surface area contributed by atoms with E-state index in [0.29, 0.717) is 0 Å². The smallest absolute Gasteiger partial charge is 0.236 e. The van der Waals surface area contributed by atoms with Crippen molar-refractivity contribution >= 4 is 33.6 Å². The maximum atomic E-state index is 13.0. The Hall–Kier alpha value is -3.05. The van der Waals surface area contributed by atoms with Gasteiger partial charge in [0.1, 0.15) is 11.5 Å². The molecule has 146 valence electrons. The molecule has 3 aromatic carbocycles.